The molecule has 2 fully saturated rings. The lowest BCUT2D eigenvalue weighted by molar-refractivity contribution is 0.332. The zero-order chi connectivity index (χ0) is 8.93. The summed E-state index contributed by atoms with van der Waals surface area (Å²) in [5.74, 6) is 1.02. The maximum Gasteiger partial charge on any atom is 0.00676 e. The van der Waals surface area contributed by atoms with Gasteiger partial charge in [-0.15, -0.1) is 0 Å². The van der Waals surface area contributed by atoms with Gasteiger partial charge in [-0.25, -0.2) is 0 Å². The predicted octanol–water partition coefficient (Wildman–Crippen LogP) is 1.52. The largest absolute Gasteiger partial charge is 0.317 e. The van der Waals surface area contributed by atoms with E-state index < -0.39 is 0 Å². The van der Waals surface area contributed by atoms with E-state index in [4.69, 9.17) is 0 Å². The van der Waals surface area contributed by atoms with Crippen LogP contribution in [-0.4, -0.2) is 25.7 Å². The molecule has 0 unspecified atom stereocenters. The zero-order valence-electron chi connectivity index (χ0n) is 8.52. The standard InChI is InChI=1S/C11H22N2/c1-2-11(13-7-1)4-3-10-5-8-12-9-6-10/h10-13H,1-9H2/t11-/m0/s1. The predicted molar refractivity (Wildman–Crippen MR) is 55.9 cm³/mol. The van der Waals surface area contributed by atoms with Gasteiger partial charge in [-0.2, -0.15) is 0 Å². The van der Waals surface area contributed by atoms with Crippen LogP contribution in [-0.2, 0) is 0 Å². The average molecular weight is 182 g/mol. The van der Waals surface area contributed by atoms with Crippen LogP contribution in [0.3, 0.4) is 0 Å². The van der Waals surface area contributed by atoms with E-state index in [2.05, 4.69) is 10.6 Å². The molecule has 0 radical (unpaired) electrons. The van der Waals surface area contributed by atoms with E-state index in [0.29, 0.717) is 0 Å². The first-order valence-corrected chi connectivity index (χ1v) is 5.89. The van der Waals surface area contributed by atoms with Crippen LogP contribution in [0.5, 0.6) is 0 Å². The van der Waals surface area contributed by atoms with Gasteiger partial charge in [0.25, 0.3) is 0 Å². The molecule has 0 amide bonds. The molecule has 0 aliphatic carbocycles. The summed E-state index contributed by atoms with van der Waals surface area (Å²) in [4.78, 5) is 0. The Morgan fingerprint density at radius 3 is 2.46 bits per heavy atom. The molecule has 0 aromatic carbocycles. The first kappa shape index (κ1) is 9.47. The Kier molecular flexibility index (Phi) is 3.62. The van der Waals surface area contributed by atoms with Crippen molar-refractivity contribution in [2.24, 2.45) is 5.92 Å². The Morgan fingerprint density at radius 1 is 0.923 bits per heavy atom. The first-order chi connectivity index (χ1) is 6.45. The minimum atomic E-state index is 0.856. The molecular formula is C11H22N2. The van der Waals surface area contributed by atoms with Crippen molar-refractivity contribution >= 4 is 0 Å². The van der Waals surface area contributed by atoms with Crippen molar-refractivity contribution in [3.05, 3.63) is 0 Å². The van der Waals surface area contributed by atoms with Gasteiger partial charge in [-0.3, -0.25) is 0 Å². The van der Waals surface area contributed by atoms with E-state index in [1.165, 1.54) is 58.2 Å². The van der Waals surface area contributed by atoms with Gasteiger partial charge >= 0.3 is 0 Å². The van der Waals surface area contributed by atoms with Crippen molar-refractivity contribution in [3.8, 4) is 0 Å². The van der Waals surface area contributed by atoms with E-state index in [0.717, 1.165) is 12.0 Å². The van der Waals surface area contributed by atoms with E-state index in [-0.39, 0.29) is 0 Å². The minimum Gasteiger partial charge on any atom is -0.317 e. The van der Waals surface area contributed by atoms with Crippen molar-refractivity contribution in [1.82, 2.24) is 10.6 Å². The van der Waals surface area contributed by atoms with Crippen LogP contribution in [0.4, 0.5) is 0 Å². The summed E-state index contributed by atoms with van der Waals surface area (Å²) >= 11 is 0. The summed E-state index contributed by atoms with van der Waals surface area (Å²) in [6, 6.07) is 0.856. The molecule has 0 saturated carbocycles. The third-order valence-corrected chi connectivity index (χ3v) is 3.54. The van der Waals surface area contributed by atoms with Crippen molar-refractivity contribution in [2.45, 2.75) is 44.6 Å². The molecule has 76 valence electrons. The summed E-state index contributed by atoms with van der Waals surface area (Å²) < 4.78 is 0. The van der Waals surface area contributed by atoms with Gasteiger partial charge in [0.2, 0.25) is 0 Å². The molecule has 2 heterocycles. The molecule has 2 aliphatic heterocycles. The minimum absolute atomic E-state index is 0.856. The number of rotatable bonds is 3. The summed E-state index contributed by atoms with van der Waals surface area (Å²) in [5, 5.41) is 7.01. The van der Waals surface area contributed by atoms with Gasteiger partial charge in [0.1, 0.15) is 0 Å². The highest BCUT2D eigenvalue weighted by Crippen LogP contribution is 2.21. The van der Waals surface area contributed by atoms with Crippen LogP contribution >= 0.6 is 0 Å². The molecule has 0 aromatic heterocycles. The molecule has 2 aliphatic rings. The van der Waals surface area contributed by atoms with Crippen LogP contribution in [0.2, 0.25) is 0 Å². The van der Waals surface area contributed by atoms with Gasteiger partial charge in [0, 0.05) is 6.04 Å². The van der Waals surface area contributed by atoms with Gasteiger partial charge in [0.15, 0.2) is 0 Å². The van der Waals surface area contributed by atoms with Crippen LogP contribution < -0.4 is 10.6 Å². The van der Waals surface area contributed by atoms with Gasteiger partial charge in [-0.05, 0) is 64.1 Å². The fraction of sp³-hybridized carbons (Fsp3) is 1.00. The van der Waals surface area contributed by atoms with Gasteiger partial charge < -0.3 is 10.6 Å². The van der Waals surface area contributed by atoms with Crippen molar-refractivity contribution < 1.29 is 0 Å². The normalized spacial score (nSPS) is 30.9. The average Bonchev–Trinajstić information content (AvgIpc) is 2.69. The smallest absolute Gasteiger partial charge is 0.00676 e. The highest BCUT2D eigenvalue weighted by atomic mass is 14.9. The topological polar surface area (TPSA) is 24.1 Å². The summed E-state index contributed by atoms with van der Waals surface area (Å²) in [6.07, 6.45) is 8.52. The van der Waals surface area contributed by atoms with Crippen LogP contribution in [0.25, 0.3) is 0 Å². The lowest BCUT2D eigenvalue weighted by Gasteiger charge is -2.23. The number of hydrogen-bond donors (Lipinski definition) is 2. The molecule has 0 bridgehead atoms. The Morgan fingerprint density at radius 2 is 1.77 bits per heavy atom. The number of hydrogen-bond acceptors (Lipinski definition) is 2. The second-order valence-electron chi connectivity index (χ2n) is 4.56. The lowest BCUT2D eigenvalue weighted by atomic mass is 9.91. The van der Waals surface area contributed by atoms with Gasteiger partial charge in [0.05, 0.1) is 0 Å². The Labute approximate surface area is 81.5 Å². The quantitative estimate of drug-likeness (QED) is 0.691. The molecule has 2 saturated heterocycles. The van der Waals surface area contributed by atoms with Crippen LogP contribution in [0, 0.1) is 5.92 Å². The summed E-state index contributed by atoms with van der Waals surface area (Å²) in [5.41, 5.74) is 0. The van der Waals surface area contributed by atoms with E-state index in [1.807, 2.05) is 0 Å². The van der Waals surface area contributed by atoms with E-state index >= 15 is 0 Å². The molecule has 13 heavy (non-hydrogen) atoms. The molecule has 0 aromatic rings. The Bertz CT molecular complexity index is 135. The monoisotopic (exact) mass is 182 g/mol. The third kappa shape index (κ3) is 2.96. The molecule has 2 nitrogen and oxygen atoms in total. The van der Waals surface area contributed by atoms with Crippen molar-refractivity contribution in [2.75, 3.05) is 19.6 Å². The fourth-order valence-electron chi connectivity index (χ4n) is 2.61. The summed E-state index contributed by atoms with van der Waals surface area (Å²) in [7, 11) is 0. The summed E-state index contributed by atoms with van der Waals surface area (Å²) in [6.45, 7) is 3.77. The highest BCUT2D eigenvalue weighted by molar-refractivity contribution is 4.77. The molecule has 2 rings (SSSR count). The Balaban J connectivity index is 1.60. The van der Waals surface area contributed by atoms with Crippen LogP contribution in [0.1, 0.15) is 38.5 Å². The molecule has 0 spiro atoms. The van der Waals surface area contributed by atoms with Crippen molar-refractivity contribution in [1.29, 1.82) is 0 Å². The van der Waals surface area contributed by atoms with E-state index in [1.54, 1.807) is 0 Å². The number of nitrogens with one attached hydrogen (secondary N) is 2. The maximum absolute atomic E-state index is 3.58. The fourth-order valence-corrected chi connectivity index (χ4v) is 2.61. The zero-order valence-corrected chi connectivity index (χ0v) is 8.52. The lowest BCUT2D eigenvalue weighted by Crippen LogP contribution is -2.29. The van der Waals surface area contributed by atoms with Gasteiger partial charge in [-0.1, -0.05) is 0 Å². The first-order valence-electron chi connectivity index (χ1n) is 5.89. The second-order valence-corrected chi connectivity index (χ2v) is 4.56. The third-order valence-electron chi connectivity index (χ3n) is 3.54. The van der Waals surface area contributed by atoms with Crippen molar-refractivity contribution in [3.63, 3.8) is 0 Å². The van der Waals surface area contributed by atoms with Crippen LogP contribution in [0.15, 0.2) is 0 Å². The Hall–Kier alpha value is -0.0800. The molecular weight excluding hydrogens is 160 g/mol. The molecule has 2 N–H and O–H groups in total. The molecule has 1 atom stereocenters. The maximum atomic E-state index is 3.58. The molecule has 2 heteroatoms. The SMILES string of the molecule is C1CN[C@H](CCC2CCNCC2)C1. The number of piperidine rings is 1. The second kappa shape index (κ2) is 4.97. The van der Waals surface area contributed by atoms with E-state index in [9.17, 15) is 0 Å². The highest BCUT2D eigenvalue weighted by Gasteiger charge is 2.17.